The van der Waals surface area contributed by atoms with Gasteiger partial charge in [0.1, 0.15) is 0 Å². The largest absolute Gasteiger partial charge is 0.460 e. The molecule has 3 rings (SSSR count). The molecule has 1 aromatic carbocycles. The Bertz CT molecular complexity index is 728. The van der Waals surface area contributed by atoms with E-state index in [9.17, 15) is 4.79 Å². The molecular formula is C14H8BrNO2. The zero-order chi connectivity index (χ0) is 12.5. The predicted octanol–water partition coefficient (Wildman–Crippen LogP) is 3.82. The molecule has 18 heavy (non-hydrogen) atoms. The van der Waals surface area contributed by atoms with E-state index in [-0.39, 0.29) is 5.78 Å². The lowest BCUT2D eigenvalue weighted by molar-refractivity contribution is 0.101. The number of ketones is 1. The zero-order valence-corrected chi connectivity index (χ0v) is 10.8. The monoisotopic (exact) mass is 301 g/mol. The van der Waals surface area contributed by atoms with Crippen molar-refractivity contribution in [2.75, 3.05) is 0 Å². The van der Waals surface area contributed by atoms with Crippen molar-refractivity contribution in [2.24, 2.45) is 0 Å². The van der Waals surface area contributed by atoms with Crippen molar-refractivity contribution in [3.8, 4) is 0 Å². The maximum atomic E-state index is 12.4. The first-order valence-electron chi connectivity index (χ1n) is 5.39. The number of carbonyl (C=O) groups excluding carboxylic acids is 1. The van der Waals surface area contributed by atoms with E-state index in [1.54, 1.807) is 18.3 Å². The molecule has 3 nitrogen and oxygen atoms in total. The van der Waals surface area contributed by atoms with Crippen LogP contribution in [-0.2, 0) is 0 Å². The number of hydrogen-bond acceptors (Lipinski definition) is 3. The van der Waals surface area contributed by atoms with E-state index in [0.29, 0.717) is 15.8 Å². The van der Waals surface area contributed by atoms with Gasteiger partial charge >= 0.3 is 0 Å². The molecule has 0 aliphatic heterocycles. The average Bonchev–Trinajstić information content (AvgIpc) is 2.83. The molecule has 0 saturated carbocycles. The Hall–Kier alpha value is -1.94. The lowest BCUT2D eigenvalue weighted by atomic mass is 10.0. The van der Waals surface area contributed by atoms with Crippen LogP contribution in [0.1, 0.15) is 16.1 Å². The summed E-state index contributed by atoms with van der Waals surface area (Å²) in [7, 11) is 0. The maximum absolute atomic E-state index is 12.4. The number of aromatic nitrogens is 1. The number of benzene rings is 1. The molecule has 4 heteroatoms. The molecule has 2 aromatic heterocycles. The van der Waals surface area contributed by atoms with Gasteiger partial charge in [0.05, 0.1) is 16.3 Å². The number of furan rings is 1. The highest BCUT2D eigenvalue weighted by Gasteiger charge is 2.18. The summed E-state index contributed by atoms with van der Waals surface area (Å²) in [5.41, 5.74) is 1.39. The highest BCUT2D eigenvalue weighted by Crippen LogP contribution is 2.24. The van der Waals surface area contributed by atoms with E-state index in [0.717, 1.165) is 10.9 Å². The van der Waals surface area contributed by atoms with Crippen LogP contribution in [0.25, 0.3) is 10.9 Å². The second-order valence-electron chi connectivity index (χ2n) is 3.80. The van der Waals surface area contributed by atoms with Crippen molar-refractivity contribution in [1.29, 1.82) is 0 Å². The molecule has 0 unspecified atom stereocenters. The van der Waals surface area contributed by atoms with E-state index in [1.807, 2.05) is 24.3 Å². The van der Waals surface area contributed by atoms with E-state index in [4.69, 9.17) is 4.42 Å². The van der Waals surface area contributed by atoms with Crippen LogP contribution in [0.2, 0.25) is 0 Å². The SMILES string of the molecule is O=C(c1occc1Br)c1cccc2ncccc12. The van der Waals surface area contributed by atoms with Gasteiger partial charge in [0.15, 0.2) is 5.76 Å². The Morgan fingerprint density at radius 1 is 1.17 bits per heavy atom. The number of fused-ring (bicyclic) bond motifs is 1. The number of hydrogen-bond donors (Lipinski definition) is 0. The average molecular weight is 302 g/mol. The molecule has 0 bridgehead atoms. The Balaban J connectivity index is 2.21. The second-order valence-corrected chi connectivity index (χ2v) is 4.66. The number of halogens is 1. The molecule has 0 aliphatic carbocycles. The Morgan fingerprint density at radius 3 is 2.83 bits per heavy atom. The standard InChI is InChI=1S/C14H8BrNO2/c15-11-6-8-18-14(11)13(17)10-3-1-5-12-9(10)4-2-7-16-12/h1-8H. The summed E-state index contributed by atoms with van der Waals surface area (Å²) in [4.78, 5) is 16.6. The van der Waals surface area contributed by atoms with Crippen LogP contribution in [0.15, 0.2) is 57.7 Å². The number of pyridine rings is 1. The fourth-order valence-corrected chi connectivity index (χ4v) is 2.26. The van der Waals surface area contributed by atoms with Gasteiger partial charge in [-0.3, -0.25) is 9.78 Å². The van der Waals surface area contributed by atoms with Crippen LogP contribution in [0.5, 0.6) is 0 Å². The van der Waals surface area contributed by atoms with Crippen molar-refractivity contribution in [1.82, 2.24) is 4.98 Å². The van der Waals surface area contributed by atoms with E-state index >= 15 is 0 Å². The number of carbonyl (C=O) groups is 1. The summed E-state index contributed by atoms with van der Waals surface area (Å²) >= 11 is 3.30. The number of nitrogens with zero attached hydrogens (tertiary/aromatic N) is 1. The molecule has 0 spiro atoms. The van der Waals surface area contributed by atoms with E-state index < -0.39 is 0 Å². The van der Waals surface area contributed by atoms with Crippen LogP contribution < -0.4 is 0 Å². The molecule has 0 N–H and O–H groups in total. The van der Waals surface area contributed by atoms with Gasteiger partial charge in [0.2, 0.25) is 5.78 Å². The van der Waals surface area contributed by atoms with Gasteiger partial charge in [0, 0.05) is 17.1 Å². The van der Waals surface area contributed by atoms with Crippen LogP contribution in [0.4, 0.5) is 0 Å². The van der Waals surface area contributed by atoms with Crippen molar-refractivity contribution in [3.63, 3.8) is 0 Å². The maximum Gasteiger partial charge on any atom is 0.230 e. The fraction of sp³-hybridized carbons (Fsp3) is 0. The van der Waals surface area contributed by atoms with Gasteiger partial charge in [-0.05, 0) is 34.1 Å². The van der Waals surface area contributed by atoms with E-state index in [2.05, 4.69) is 20.9 Å². The van der Waals surface area contributed by atoms with Gasteiger partial charge in [-0.15, -0.1) is 0 Å². The zero-order valence-electron chi connectivity index (χ0n) is 9.26. The number of rotatable bonds is 2. The molecule has 0 aliphatic rings. The normalized spacial score (nSPS) is 10.7. The molecular weight excluding hydrogens is 294 g/mol. The molecule has 0 atom stereocenters. The summed E-state index contributed by atoms with van der Waals surface area (Å²) < 4.78 is 5.87. The first kappa shape index (κ1) is 11.2. The predicted molar refractivity (Wildman–Crippen MR) is 71.6 cm³/mol. The van der Waals surface area contributed by atoms with Gasteiger partial charge < -0.3 is 4.42 Å². The van der Waals surface area contributed by atoms with Crippen LogP contribution in [0.3, 0.4) is 0 Å². The minimum absolute atomic E-state index is 0.148. The molecule has 2 heterocycles. The highest BCUT2D eigenvalue weighted by molar-refractivity contribution is 9.10. The highest BCUT2D eigenvalue weighted by atomic mass is 79.9. The van der Waals surface area contributed by atoms with Gasteiger partial charge in [-0.2, -0.15) is 0 Å². The molecule has 0 saturated heterocycles. The summed E-state index contributed by atoms with van der Waals surface area (Å²) in [5, 5.41) is 0.827. The summed E-state index contributed by atoms with van der Waals surface area (Å²) in [6.45, 7) is 0. The summed E-state index contributed by atoms with van der Waals surface area (Å²) in [5.74, 6) is 0.164. The van der Waals surface area contributed by atoms with Crippen molar-refractivity contribution in [2.45, 2.75) is 0 Å². The van der Waals surface area contributed by atoms with Crippen molar-refractivity contribution < 1.29 is 9.21 Å². The smallest absolute Gasteiger partial charge is 0.230 e. The Labute approximate surface area is 112 Å². The first-order valence-corrected chi connectivity index (χ1v) is 6.18. The molecule has 0 amide bonds. The molecule has 0 radical (unpaired) electrons. The minimum atomic E-state index is -0.148. The lowest BCUT2D eigenvalue weighted by Crippen LogP contribution is -2.01. The van der Waals surface area contributed by atoms with Gasteiger partial charge in [0.25, 0.3) is 0 Å². The minimum Gasteiger partial charge on any atom is -0.460 e. The van der Waals surface area contributed by atoms with Crippen molar-refractivity contribution >= 4 is 32.6 Å². The molecule has 0 fully saturated rings. The van der Waals surface area contributed by atoms with Crippen LogP contribution >= 0.6 is 15.9 Å². The first-order chi connectivity index (χ1) is 8.77. The Kier molecular flexibility index (Phi) is 2.72. The second kappa shape index (κ2) is 4.38. The van der Waals surface area contributed by atoms with Crippen LogP contribution in [-0.4, -0.2) is 10.8 Å². The van der Waals surface area contributed by atoms with Crippen LogP contribution in [0, 0.1) is 0 Å². The lowest BCUT2D eigenvalue weighted by Gasteiger charge is -2.03. The van der Waals surface area contributed by atoms with E-state index in [1.165, 1.54) is 6.26 Å². The molecule has 88 valence electrons. The Morgan fingerprint density at radius 2 is 2.06 bits per heavy atom. The third-order valence-electron chi connectivity index (χ3n) is 2.71. The molecule has 3 aromatic rings. The summed E-state index contributed by atoms with van der Waals surface area (Å²) in [6.07, 6.45) is 3.19. The van der Waals surface area contributed by atoms with Gasteiger partial charge in [-0.25, -0.2) is 0 Å². The van der Waals surface area contributed by atoms with Gasteiger partial charge in [-0.1, -0.05) is 18.2 Å². The summed E-state index contributed by atoms with van der Waals surface area (Å²) in [6, 6.07) is 10.9. The topological polar surface area (TPSA) is 43.1 Å². The third-order valence-corrected chi connectivity index (χ3v) is 3.34. The quantitative estimate of drug-likeness (QED) is 0.676. The third kappa shape index (κ3) is 1.75. The van der Waals surface area contributed by atoms with Crippen molar-refractivity contribution in [3.05, 3.63) is 64.7 Å². The fourth-order valence-electron chi connectivity index (χ4n) is 1.88.